The lowest BCUT2D eigenvalue weighted by atomic mass is 10.3. The molecule has 2 aliphatic rings. The van der Waals surface area contributed by atoms with E-state index in [-0.39, 0.29) is 0 Å². The van der Waals surface area contributed by atoms with Crippen molar-refractivity contribution in [1.82, 2.24) is 0 Å². The smallest absolute Gasteiger partial charge is 0.356 e. The summed E-state index contributed by atoms with van der Waals surface area (Å²) in [4.78, 5) is 9.29. The Bertz CT molecular complexity index is 333. The number of alkyl halides is 3. The molecule has 82 valence electrons. The van der Waals surface area contributed by atoms with Crippen LogP contribution in [0.3, 0.4) is 0 Å². The number of carbonyl (C=O) groups excluding carboxylic acids is 1. The summed E-state index contributed by atoms with van der Waals surface area (Å²) in [7, 11) is 0. The van der Waals surface area contributed by atoms with Gasteiger partial charge in [-0.25, -0.2) is 4.79 Å². The summed E-state index contributed by atoms with van der Waals surface area (Å²) < 4.78 is 34.9. The highest BCUT2D eigenvalue weighted by Gasteiger charge is 2.32. The van der Waals surface area contributed by atoms with Crippen molar-refractivity contribution in [3.8, 4) is 0 Å². The van der Waals surface area contributed by atoms with Crippen molar-refractivity contribution >= 4 is 6.09 Å². The second-order valence-corrected chi connectivity index (χ2v) is 2.86. The number of hydrogen-bond donors (Lipinski definition) is 1. The van der Waals surface area contributed by atoms with E-state index in [0.717, 1.165) is 0 Å². The quantitative estimate of drug-likeness (QED) is 0.680. The fraction of sp³-hybridized carbons (Fsp3) is 0.222. The predicted octanol–water partition coefficient (Wildman–Crippen LogP) is 2.41. The van der Waals surface area contributed by atoms with Crippen LogP contribution in [-0.4, -0.2) is 12.5 Å². The summed E-state index contributed by atoms with van der Waals surface area (Å²) in [6, 6.07) is 0. The summed E-state index contributed by atoms with van der Waals surface area (Å²) in [5.41, 5.74) is 6.93. The van der Waals surface area contributed by atoms with Gasteiger partial charge in [-0.15, -0.1) is 13.2 Å². The molecule has 3 nitrogen and oxygen atoms in total. The third-order valence-electron chi connectivity index (χ3n) is 1.65. The minimum atomic E-state index is -4.95. The van der Waals surface area contributed by atoms with Crippen molar-refractivity contribution in [2.45, 2.75) is 12.8 Å². The maximum Gasteiger partial charge on any atom is 0.576 e. The first-order valence-electron chi connectivity index (χ1n) is 4.00. The number of hydrogen-bond acceptors (Lipinski definition) is 2. The van der Waals surface area contributed by atoms with Crippen LogP contribution < -0.4 is 5.73 Å². The fourth-order valence-electron chi connectivity index (χ4n) is 1.12. The lowest BCUT2D eigenvalue weighted by molar-refractivity contribution is -0.289. The minimum Gasteiger partial charge on any atom is -0.356 e. The second kappa shape index (κ2) is 4.20. The number of carbonyl (C=O) groups is 1. The van der Waals surface area contributed by atoms with Gasteiger partial charge in [-0.1, -0.05) is 24.3 Å². The van der Waals surface area contributed by atoms with E-state index in [9.17, 15) is 18.0 Å². The molecular formula is C9H8F3NO2. The largest absolute Gasteiger partial charge is 0.576 e. The molecule has 0 unspecified atom stereocenters. The highest BCUT2D eigenvalue weighted by atomic mass is 19.4. The van der Waals surface area contributed by atoms with E-state index >= 15 is 0 Å². The van der Waals surface area contributed by atoms with Gasteiger partial charge in [-0.3, -0.25) is 0 Å². The first kappa shape index (κ1) is 11.4. The molecule has 2 bridgehead atoms. The van der Waals surface area contributed by atoms with E-state index < -0.39 is 12.5 Å². The van der Waals surface area contributed by atoms with Crippen molar-refractivity contribution in [3.63, 3.8) is 0 Å². The number of fused-ring (bicyclic) bond motifs is 2. The molecule has 2 aliphatic carbocycles. The number of halogens is 3. The molecule has 0 aromatic carbocycles. The Morgan fingerprint density at radius 1 is 1.27 bits per heavy atom. The third-order valence-corrected chi connectivity index (χ3v) is 1.65. The van der Waals surface area contributed by atoms with E-state index in [4.69, 9.17) is 0 Å². The zero-order valence-corrected chi connectivity index (χ0v) is 7.54. The van der Waals surface area contributed by atoms with Crippen LogP contribution in [0.5, 0.6) is 0 Å². The average molecular weight is 219 g/mol. The van der Waals surface area contributed by atoms with Gasteiger partial charge < -0.3 is 10.5 Å². The van der Waals surface area contributed by atoms with Crippen LogP contribution in [0.1, 0.15) is 6.42 Å². The Labute approximate surface area is 83.7 Å². The molecule has 0 fully saturated rings. The molecule has 2 rings (SSSR count). The van der Waals surface area contributed by atoms with Crippen molar-refractivity contribution in [1.29, 1.82) is 0 Å². The molecule has 6 heteroatoms. The van der Waals surface area contributed by atoms with Gasteiger partial charge in [0.1, 0.15) is 0 Å². The standard InChI is InChI=1S/C7H6.C2H2F3NO2/c1-2-7-4-3-6(1)5-7;3-2(4,5)8-1(6)7/h1-4H,5H2;(H2,6,7). The summed E-state index contributed by atoms with van der Waals surface area (Å²) in [6.07, 6.45) is 3.10. The van der Waals surface area contributed by atoms with Gasteiger partial charge in [-0.2, -0.15) is 0 Å². The number of allylic oxidation sites excluding steroid dienone is 6. The van der Waals surface area contributed by atoms with Crippen molar-refractivity contribution in [3.05, 3.63) is 35.5 Å². The molecular weight excluding hydrogens is 211 g/mol. The molecule has 1 amide bonds. The maximum absolute atomic E-state index is 10.8. The summed E-state index contributed by atoms with van der Waals surface area (Å²) in [5, 5.41) is 0. The van der Waals surface area contributed by atoms with Crippen LogP contribution in [0, 0.1) is 0 Å². The van der Waals surface area contributed by atoms with Gasteiger partial charge in [0, 0.05) is 0 Å². The third kappa shape index (κ3) is 4.35. The highest BCUT2D eigenvalue weighted by Crippen LogP contribution is 2.27. The van der Waals surface area contributed by atoms with Crippen molar-refractivity contribution in [2.75, 3.05) is 0 Å². The SMILES string of the molecule is C1=CC2=CC=C1C2.NC(=O)OC(F)(F)F. The van der Waals surface area contributed by atoms with E-state index in [1.165, 1.54) is 17.6 Å². The lowest BCUT2D eigenvalue weighted by Crippen LogP contribution is -2.23. The molecule has 0 heterocycles. The van der Waals surface area contributed by atoms with Crippen LogP contribution >= 0.6 is 0 Å². The second-order valence-electron chi connectivity index (χ2n) is 2.86. The molecule has 0 aromatic heterocycles. The van der Waals surface area contributed by atoms with Crippen LogP contribution in [-0.2, 0) is 4.74 Å². The monoisotopic (exact) mass is 219 g/mol. The summed E-state index contributed by atoms with van der Waals surface area (Å²) in [5.74, 6) is 0. The maximum atomic E-state index is 10.8. The van der Waals surface area contributed by atoms with Gasteiger partial charge >= 0.3 is 12.5 Å². The first-order chi connectivity index (χ1) is 6.87. The van der Waals surface area contributed by atoms with Crippen LogP contribution in [0.4, 0.5) is 18.0 Å². The van der Waals surface area contributed by atoms with Gasteiger partial charge in [0.15, 0.2) is 0 Å². The fourth-order valence-corrected chi connectivity index (χ4v) is 1.12. The normalized spacial score (nSPS) is 16.5. The number of primary amides is 1. The molecule has 0 aliphatic heterocycles. The van der Waals surface area contributed by atoms with Gasteiger partial charge in [0.2, 0.25) is 0 Å². The van der Waals surface area contributed by atoms with E-state index in [2.05, 4.69) is 34.8 Å². The topological polar surface area (TPSA) is 52.3 Å². The average Bonchev–Trinajstić information content (AvgIpc) is 2.61. The molecule has 0 spiro atoms. The summed E-state index contributed by atoms with van der Waals surface area (Å²) >= 11 is 0. The minimum absolute atomic E-state index is 1.19. The van der Waals surface area contributed by atoms with Gasteiger partial charge in [0.25, 0.3) is 0 Å². The van der Waals surface area contributed by atoms with Gasteiger partial charge in [-0.05, 0) is 17.6 Å². The molecule has 0 saturated carbocycles. The predicted molar refractivity (Wildman–Crippen MR) is 46.6 cm³/mol. The number of rotatable bonds is 0. The van der Waals surface area contributed by atoms with Crippen LogP contribution in [0.2, 0.25) is 0 Å². The van der Waals surface area contributed by atoms with Crippen molar-refractivity contribution in [2.24, 2.45) is 5.73 Å². The Morgan fingerprint density at radius 3 is 1.80 bits per heavy atom. The highest BCUT2D eigenvalue weighted by molar-refractivity contribution is 5.64. The Kier molecular flexibility index (Phi) is 3.18. The van der Waals surface area contributed by atoms with E-state index in [1.54, 1.807) is 0 Å². The molecule has 0 aromatic rings. The number of ether oxygens (including phenoxy) is 1. The number of nitrogens with two attached hydrogens (primary N) is 1. The van der Waals surface area contributed by atoms with E-state index in [0.29, 0.717) is 0 Å². The molecule has 0 saturated heterocycles. The Balaban J connectivity index is 0.000000150. The Morgan fingerprint density at radius 2 is 1.73 bits per heavy atom. The van der Waals surface area contributed by atoms with Crippen LogP contribution in [0.25, 0.3) is 0 Å². The molecule has 0 radical (unpaired) electrons. The first-order valence-corrected chi connectivity index (χ1v) is 4.00. The van der Waals surface area contributed by atoms with E-state index in [1.807, 2.05) is 0 Å². The Hall–Kier alpha value is -1.72. The summed E-state index contributed by atoms with van der Waals surface area (Å²) in [6.45, 7) is 0. The number of amides is 1. The molecule has 2 N–H and O–H groups in total. The van der Waals surface area contributed by atoms with Crippen LogP contribution in [0.15, 0.2) is 35.5 Å². The zero-order valence-electron chi connectivity index (χ0n) is 7.54. The molecule has 15 heavy (non-hydrogen) atoms. The zero-order chi connectivity index (χ0) is 11.5. The van der Waals surface area contributed by atoms with Gasteiger partial charge in [0.05, 0.1) is 0 Å². The molecule has 0 atom stereocenters. The lowest BCUT2D eigenvalue weighted by Gasteiger charge is -2.01. The van der Waals surface area contributed by atoms with Crippen molar-refractivity contribution < 1.29 is 22.7 Å².